The van der Waals surface area contributed by atoms with Gasteiger partial charge in [0.2, 0.25) is 0 Å². The minimum Gasteiger partial charge on any atom is -0.304 e. The van der Waals surface area contributed by atoms with Gasteiger partial charge < -0.3 is 5.32 Å². The third-order valence-electron chi connectivity index (χ3n) is 3.59. The summed E-state index contributed by atoms with van der Waals surface area (Å²) in [6, 6.07) is 10.9. The Kier molecular flexibility index (Phi) is 3.95. The van der Waals surface area contributed by atoms with Gasteiger partial charge in [0, 0.05) is 4.88 Å². The highest BCUT2D eigenvalue weighted by atomic mass is 32.1. The normalized spacial score (nSPS) is 15.4. The van der Waals surface area contributed by atoms with Gasteiger partial charge in [-0.15, -0.1) is 11.3 Å². The number of thiazole rings is 1. The lowest BCUT2D eigenvalue weighted by Gasteiger charge is -2.16. The molecule has 1 aromatic carbocycles. The van der Waals surface area contributed by atoms with Crippen molar-refractivity contribution in [3.8, 4) is 0 Å². The molecule has 0 aliphatic heterocycles. The number of hydrogen-bond acceptors (Lipinski definition) is 3. The SMILES string of the molecule is CCCNC(c1ccccc1)c1nc2c(s1)CCC2. The molecule has 1 heterocycles. The number of nitrogens with zero attached hydrogens (tertiary/aromatic N) is 1. The Morgan fingerprint density at radius 3 is 2.84 bits per heavy atom. The molecular weight excluding hydrogens is 252 g/mol. The third kappa shape index (κ3) is 2.72. The fourth-order valence-electron chi connectivity index (χ4n) is 2.62. The largest absolute Gasteiger partial charge is 0.304 e. The first-order chi connectivity index (χ1) is 9.38. The van der Waals surface area contributed by atoms with Gasteiger partial charge in [-0.3, -0.25) is 0 Å². The summed E-state index contributed by atoms with van der Waals surface area (Å²) in [5.41, 5.74) is 2.67. The van der Waals surface area contributed by atoms with Gasteiger partial charge in [-0.25, -0.2) is 4.98 Å². The predicted molar refractivity (Wildman–Crippen MR) is 80.7 cm³/mol. The molecule has 0 radical (unpaired) electrons. The Hall–Kier alpha value is -1.19. The van der Waals surface area contributed by atoms with Crippen LogP contribution in [0.5, 0.6) is 0 Å². The lowest BCUT2D eigenvalue weighted by Crippen LogP contribution is -2.23. The van der Waals surface area contributed by atoms with Crippen molar-refractivity contribution in [1.29, 1.82) is 0 Å². The van der Waals surface area contributed by atoms with Gasteiger partial charge >= 0.3 is 0 Å². The smallest absolute Gasteiger partial charge is 0.115 e. The van der Waals surface area contributed by atoms with Crippen LogP contribution < -0.4 is 5.32 Å². The predicted octanol–water partition coefficient (Wildman–Crippen LogP) is 3.72. The molecule has 3 heteroatoms. The van der Waals surface area contributed by atoms with E-state index in [1.54, 1.807) is 0 Å². The first-order valence-corrected chi connectivity index (χ1v) is 7.97. The molecule has 1 unspecified atom stereocenters. The van der Waals surface area contributed by atoms with Crippen molar-refractivity contribution in [1.82, 2.24) is 10.3 Å². The van der Waals surface area contributed by atoms with Crippen LogP contribution in [0.1, 0.15) is 46.9 Å². The molecule has 0 fully saturated rings. The highest BCUT2D eigenvalue weighted by molar-refractivity contribution is 7.11. The maximum absolute atomic E-state index is 4.88. The average molecular weight is 272 g/mol. The van der Waals surface area contributed by atoms with Crippen molar-refractivity contribution in [3.63, 3.8) is 0 Å². The van der Waals surface area contributed by atoms with E-state index in [0.29, 0.717) is 0 Å². The second kappa shape index (κ2) is 5.85. The van der Waals surface area contributed by atoms with E-state index in [4.69, 9.17) is 4.98 Å². The molecule has 2 aromatic rings. The summed E-state index contributed by atoms with van der Waals surface area (Å²) in [6.45, 7) is 3.24. The minimum absolute atomic E-state index is 0.261. The molecule has 19 heavy (non-hydrogen) atoms. The first kappa shape index (κ1) is 12.8. The summed E-state index contributed by atoms with van der Waals surface area (Å²) < 4.78 is 0. The number of benzene rings is 1. The van der Waals surface area contributed by atoms with Gasteiger partial charge in [0.15, 0.2) is 0 Å². The van der Waals surface area contributed by atoms with Gasteiger partial charge in [-0.05, 0) is 37.8 Å². The zero-order chi connectivity index (χ0) is 13.1. The zero-order valence-corrected chi connectivity index (χ0v) is 12.2. The number of rotatable bonds is 5. The van der Waals surface area contributed by atoms with Gasteiger partial charge in [0.05, 0.1) is 11.7 Å². The first-order valence-electron chi connectivity index (χ1n) is 7.15. The van der Waals surface area contributed by atoms with Crippen LogP contribution >= 0.6 is 11.3 Å². The summed E-state index contributed by atoms with van der Waals surface area (Å²) in [4.78, 5) is 6.38. The Bertz CT molecular complexity index is 511. The maximum Gasteiger partial charge on any atom is 0.115 e. The van der Waals surface area contributed by atoms with Crippen molar-refractivity contribution < 1.29 is 0 Å². The van der Waals surface area contributed by atoms with Crippen LogP contribution in [0.4, 0.5) is 0 Å². The summed E-state index contributed by atoms with van der Waals surface area (Å²) in [6.07, 6.45) is 4.82. The average Bonchev–Trinajstić information content (AvgIpc) is 3.02. The van der Waals surface area contributed by atoms with Crippen molar-refractivity contribution >= 4 is 11.3 Å². The summed E-state index contributed by atoms with van der Waals surface area (Å²) in [5, 5.41) is 4.88. The third-order valence-corrected chi connectivity index (χ3v) is 4.81. The van der Waals surface area contributed by atoms with Gasteiger partial charge in [-0.2, -0.15) is 0 Å². The number of fused-ring (bicyclic) bond motifs is 1. The van der Waals surface area contributed by atoms with Crippen LogP contribution in [0.15, 0.2) is 30.3 Å². The van der Waals surface area contributed by atoms with E-state index in [9.17, 15) is 0 Å². The number of aromatic nitrogens is 1. The summed E-state index contributed by atoms with van der Waals surface area (Å²) in [5.74, 6) is 0. The number of aryl methyl sites for hydroxylation is 2. The van der Waals surface area contributed by atoms with Crippen molar-refractivity contribution in [2.75, 3.05) is 6.54 Å². The zero-order valence-electron chi connectivity index (χ0n) is 11.4. The Labute approximate surface area is 118 Å². The Morgan fingerprint density at radius 2 is 2.11 bits per heavy atom. The molecule has 0 spiro atoms. The van der Waals surface area contributed by atoms with Crippen LogP contribution in [0.2, 0.25) is 0 Å². The van der Waals surface area contributed by atoms with Crippen molar-refractivity contribution in [3.05, 3.63) is 51.5 Å². The highest BCUT2D eigenvalue weighted by Gasteiger charge is 2.22. The fraction of sp³-hybridized carbons (Fsp3) is 0.438. The molecule has 1 atom stereocenters. The van der Waals surface area contributed by atoms with Crippen LogP contribution in [0.25, 0.3) is 0 Å². The second-order valence-corrected chi connectivity index (χ2v) is 6.19. The van der Waals surface area contributed by atoms with Crippen LogP contribution in [0.3, 0.4) is 0 Å². The molecule has 1 aliphatic carbocycles. The van der Waals surface area contributed by atoms with E-state index in [1.165, 1.54) is 40.4 Å². The highest BCUT2D eigenvalue weighted by Crippen LogP contribution is 2.33. The van der Waals surface area contributed by atoms with Gasteiger partial charge in [0.1, 0.15) is 5.01 Å². The van der Waals surface area contributed by atoms with Crippen molar-refractivity contribution in [2.45, 2.75) is 38.6 Å². The molecule has 0 amide bonds. The molecule has 1 N–H and O–H groups in total. The standard InChI is InChI=1S/C16H20N2S/c1-2-11-17-15(12-7-4-3-5-8-12)16-18-13-9-6-10-14(13)19-16/h3-5,7-8,15,17H,2,6,9-11H2,1H3. The van der Waals surface area contributed by atoms with Crippen LogP contribution in [-0.4, -0.2) is 11.5 Å². The molecule has 1 aliphatic rings. The van der Waals surface area contributed by atoms with E-state index in [0.717, 1.165) is 13.0 Å². The lowest BCUT2D eigenvalue weighted by molar-refractivity contribution is 0.594. The maximum atomic E-state index is 4.88. The fourth-order valence-corrected chi connectivity index (χ4v) is 3.87. The molecular formula is C16H20N2S. The second-order valence-electron chi connectivity index (χ2n) is 5.07. The molecule has 0 saturated heterocycles. The molecule has 3 rings (SSSR count). The van der Waals surface area contributed by atoms with E-state index in [-0.39, 0.29) is 6.04 Å². The quantitative estimate of drug-likeness (QED) is 0.897. The monoisotopic (exact) mass is 272 g/mol. The summed E-state index contributed by atoms with van der Waals surface area (Å²) >= 11 is 1.90. The van der Waals surface area contributed by atoms with E-state index in [1.807, 2.05) is 11.3 Å². The van der Waals surface area contributed by atoms with E-state index in [2.05, 4.69) is 42.6 Å². The van der Waals surface area contributed by atoms with Gasteiger partial charge in [-0.1, -0.05) is 37.3 Å². The molecule has 0 bridgehead atoms. The van der Waals surface area contributed by atoms with Crippen LogP contribution in [-0.2, 0) is 12.8 Å². The van der Waals surface area contributed by atoms with E-state index >= 15 is 0 Å². The lowest BCUT2D eigenvalue weighted by atomic mass is 10.1. The number of nitrogens with one attached hydrogen (secondary N) is 1. The Morgan fingerprint density at radius 1 is 1.26 bits per heavy atom. The van der Waals surface area contributed by atoms with E-state index < -0.39 is 0 Å². The minimum atomic E-state index is 0.261. The Balaban J connectivity index is 1.89. The molecule has 100 valence electrons. The molecule has 1 aromatic heterocycles. The van der Waals surface area contributed by atoms with Gasteiger partial charge in [0.25, 0.3) is 0 Å². The molecule has 0 saturated carbocycles. The number of hydrogen-bond donors (Lipinski definition) is 1. The van der Waals surface area contributed by atoms with Crippen LogP contribution in [0, 0.1) is 0 Å². The summed E-state index contributed by atoms with van der Waals surface area (Å²) in [7, 11) is 0. The molecule has 2 nitrogen and oxygen atoms in total. The van der Waals surface area contributed by atoms with Crippen molar-refractivity contribution in [2.24, 2.45) is 0 Å². The topological polar surface area (TPSA) is 24.9 Å².